The summed E-state index contributed by atoms with van der Waals surface area (Å²) in [5.41, 5.74) is 0. The molecule has 136 valence electrons. The Morgan fingerprint density at radius 3 is 0.762 bits per heavy atom. The summed E-state index contributed by atoms with van der Waals surface area (Å²) in [6, 6.07) is 0. The van der Waals surface area contributed by atoms with Gasteiger partial charge in [0.25, 0.3) is 0 Å². The average Bonchev–Trinajstić information content (AvgIpc) is 1.63. The Morgan fingerprint density at radius 2 is 0.762 bits per heavy atom. The van der Waals surface area contributed by atoms with Gasteiger partial charge in [0.1, 0.15) is 0 Å². The van der Waals surface area contributed by atoms with Crippen LogP contribution >= 0.6 is 29.5 Å². The van der Waals surface area contributed by atoms with Gasteiger partial charge in [0, 0.05) is 53.3 Å². The zero-order valence-electron chi connectivity index (χ0n) is 14.7. The molecule has 0 saturated carbocycles. The van der Waals surface area contributed by atoms with Gasteiger partial charge in [-0.1, -0.05) is 0 Å². The first kappa shape index (κ1) is 33.4. The normalized spacial score (nSPS) is 11.5. The Balaban J connectivity index is -0.0000000434. The van der Waals surface area contributed by atoms with Crippen LogP contribution in [0.5, 0.6) is 0 Å². The van der Waals surface area contributed by atoms with Crippen LogP contribution in [0.2, 0.25) is 0 Å². The minimum Gasteiger partial charge on any atom is -0.870 e. The van der Waals surface area contributed by atoms with Crippen LogP contribution in [0, 0.1) is 0 Å². The lowest BCUT2D eigenvalue weighted by molar-refractivity contribution is 0.473. The molecule has 0 aliphatic carbocycles. The molecule has 5 N–H and O–H groups in total. The maximum absolute atomic E-state index is 10.8. The summed E-state index contributed by atoms with van der Waals surface area (Å²) in [5.74, 6) is 0. The molecule has 0 heterocycles. The second-order valence-corrected chi connectivity index (χ2v) is 16.0. The standard InChI is InChI=1S/C4H12O3P2.2C2H7O2P.2H2O/c1-8(2,5)7-9(3,4)6;2*1-5(2,3)4;;/h1-4H3;2*1-2H3,(H,3,4);2*1H2. The Morgan fingerprint density at radius 1 is 0.667 bits per heavy atom. The minimum atomic E-state index is -2.64. The average molecular weight is 394 g/mol. The van der Waals surface area contributed by atoms with Crippen LogP contribution in [0.3, 0.4) is 0 Å². The van der Waals surface area contributed by atoms with Gasteiger partial charge in [0.15, 0.2) is 14.7 Å². The molecule has 13 heteroatoms. The molecule has 9 nitrogen and oxygen atoms in total. The van der Waals surface area contributed by atoms with Crippen LogP contribution in [-0.4, -0.2) is 74.1 Å². The summed E-state index contributed by atoms with van der Waals surface area (Å²) in [4.78, 5) is 16.2. The highest BCUT2D eigenvalue weighted by molar-refractivity contribution is 7.70. The van der Waals surface area contributed by atoms with Gasteiger partial charge in [0.05, 0.1) is 0 Å². The van der Waals surface area contributed by atoms with Crippen molar-refractivity contribution in [3.05, 3.63) is 0 Å². The number of hydrogen-bond donors (Lipinski definition) is 2. The van der Waals surface area contributed by atoms with Gasteiger partial charge < -0.3 is 20.7 Å². The first-order valence-electron chi connectivity index (χ1n) is 5.07. The lowest BCUT2D eigenvalue weighted by Crippen LogP contribution is -1.81. The highest BCUT2D eigenvalue weighted by Crippen LogP contribution is 2.55. The molecule has 0 aliphatic heterocycles. The molecular formula is C8H30O9P4. The smallest absolute Gasteiger partial charge is 0.870 e. The molecule has 0 aromatic heterocycles. The first-order chi connectivity index (χ1) is 7.71. The van der Waals surface area contributed by atoms with E-state index < -0.39 is 29.5 Å². The maximum Gasteiger partial charge on any atom is 1.00 e. The van der Waals surface area contributed by atoms with E-state index in [1.807, 2.05) is 0 Å². The number of rotatable bonds is 2. The Labute approximate surface area is 128 Å². The van der Waals surface area contributed by atoms with E-state index in [1.54, 1.807) is 0 Å². The molecule has 0 saturated heterocycles. The highest BCUT2D eigenvalue weighted by Gasteiger charge is 2.16. The van der Waals surface area contributed by atoms with Gasteiger partial charge in [-0.3, -0.25) is 22.6 Å². The molecule has 0 amide bonds. The van der Waals surface area contributed by atoms with E-state index >= 15 is 0 Å². The number of hydrogen-bond acceptors (Lipinski definition) is 6. The fourth-order valence-corrected chi connectivity index (χ4v) is 4.26. The van der Waals surface area contributed by atoms with E-state index in [1.165, 1.54) is 53.3 Å². The van der Waals surface area contributed by atoms with E-state index in [-0.39, 0.29) is 12.4 Å². The molecule has 0 aliphatic rings. The van der Waals surface area contributed by atoms with Crippen LogP contribution in [0.4, 0.5) is 0 Å². The van der Waals surface area contributed by atoms with Gasteiger partial charge in [-0.25, -0.2) is 0 Å². The topological polar surface area (TPSA) is 179 Å². The summed E-state index contributed by atoms with van der Waals surface area (Å²) in [6.45, 7) is 11.0. The molecule has 0 aromatic carbocycles. The van der Waals surface area contributed by atoms with Crippen molar-refractivity contribution < 1.29 is 44.7 Å². The van der Waals surface area contributed by atoms with Crippen LogP contribution in [0.15, 0.2) is 0 Å². The van der Waals surface area contributed by atoms with Crippen molar-refractivity contribution in [3.63, 3.8) is 0 Å². The summed E-state index contributed by atoms with van der Waals surface area (Å²) < 4.78 is 45.9. The molecule has 0 fully saturated rings. The van der Waals surface area contributed by atoms with Gasteiger partial charge in [-0.2, -0.15) is 0 Å². The predicted octanol–water partition coefficient (Wildman–Crippen LogP) is 2.22. The molecule has 0 bridgehead atoms. The largest absolute Gasteiger partial charge is 1.00 e. The summed E-state index contributed by atoms with van der Waals surface area (Å²) in [5, 5.41) is 0. The lowest BCUT2D eigenvalue weighted by Gasteiger charge is -2.10. The maximum atomic E-state index is 10.8. The van der Waals surface area contributed by atoms with Crippen molar-refractivity contribution in [2.45, 2.75) is 0 Å². The zero-order chi connectivity index (χ0) is 16.7. The first-order valence-corrected chi connectivity index (χ1v) is 15.2. The Bertz CT molecular complexity index is 372. The lowest BCUT2D eigenvalue weighted by atomic mass is 11.9. The molecule has 0 atom stereocenters. The van der Waals surface area contributed by atoms with Crippen molar-refractivity contribution in [2.75, 3.05) is 53.3 Å². The minimum absolute atomic E-state index is 0. The van der Waals surface area contributed by atoms with Gasteiger partial charge >= 0.3 is 1.43 Å². The second-order valence-electron chi connectivity index (χ2n) is 5.17. The molecule has 0 spiro atoms. The summed E-state index contributed by atoms with van der Waals surface area (Å²) in [6.07, 6.45) is 0. The molecular weight excluding hydrogens is 364 g/mol. The van der Waals surface area contributed by atoms with Crippen molar-refractivity contribution in [1.82, 2.24) is 0 Å². The van der Waals surface area contributed by atoms with Crippen LogP contribution in [0.1, 0.15) is 1.43 Å². The third-order valence-electron chi connectivity index (χ3n) is 0.393. The fourth-order valence-electron chi connectivity index (χ4n) is 0.474. The SMILES string of the molecule is CP(C)(=O)O.CP(C)(=O)O.CP(C)(=O)OP(C)(C)=O.O.[H+].[OH-]. The van der Waals surface area contributed by atoms with Crippen molar-refractivity contribution >= 4 is 29.5 Å². The molecule has 0 unspecified atom stereocenters. The second kappa shape index (κ2) is 12.2. The molecule has 0 rings (SSSR count). The van der Waals surface area contributed by atoms with Crippen molar-refractivity contribution in [2.24, 2.45) is 0 Å². The highest BCUT2D eigenvalue weighted by atomic mass is 31.2. The van der Waals surface area contributed by atoms with Crippen molar-refractivity contribution in [3.8, 4) is 0 Å². The monoisotopic (exact) mass is 394 g/mol. The third-order valence-corrected chi connectivity index (χ3v) is 3.54. The fraction of sp³-hybridized carbons (Fsp3) is 1.00. The van der Waals surface area contributed by atoms with Crippen LogP contribution in [0.25, 0.3) is 0 Å². The Hall–Kier alpha value is 0.720. The van der Waals surface area contributed by atoms with Gasteiger partial charge in [-0.05, 0) is 0 Å². The molecule has 0 aromatic rings. The van der Waals surface area contributed by atoms with Crippen molar-refractivity contribution in [1.29, 1.82) is 0 Å². The van der Waals surface area contributed by atoms with E-state index in [2.05, 4.69) is 0 Å². The van der Waals surface area contributed by atoms with Crippen LogP contribution < -0.4 is 0 Å². The van der Waals surface area contributed by atoms with E-state index in [0.29, 0.717) is 0 Å². The van der Waals surface area contributed by atoms with E-state index in [0.717, 1.165) is 0 Å². The summed E-state index contributed by atoms with van der Waals surface area (Å²) >= 11 is 0. The predicted molar refractivity (Wildman–Crippen MR) is 90.0 cm³/mol. The van der Waals surface area contributed by atoms with Gasteiger partial charge in [0.2, 0.25) is 14.7 Å². The third kappa shape index (κ3) is 161. The Kier molecular flexibility index (Phi) is 19.3. The van der Waals surface area contributed by atoms with Gasteiger partial charge in [-0.15, -0.1) is 0 Å². The summed E-state index contributed by atoms with van der Waals surface area (Å²) in [7, 11) is -10.4. The van der Waals surface area contributed by atoms with E-state index in [4.69, 9.17) is 14.1 Å². The van der Waals surface area contributed by atoms with E-state index in [9.17, 15) is 18.3 Å². The van der Waals surface area contributed by atoms with Crippen LogP contribution in [-0.2, 0) is 22.6 Å². The molecule has 0 radical (unpaired) electrons. The quantitative estimate of drug-likeness (QED) is 0.669. The molecule has 21 heavy (non-hydrogen) atoms. The zero-order valence-corrected chi connectivity index (χ0v) is 17.2.